The lowest BCUT2D eigenvalue weighted by atomic mass is 10.2. The highest BCUT2D eigenvalue weighted by atomic mass is 16.6. The molecule has 1 aromatic heterocycles. The van der Waals surface area contributed by atoms with E-state index in [4.69, 9.17) is 9.84 Å². The molecular weight excluding hydrogens is 366 g/mol. The molecule has 156 valence electrons. The third-order valence-electron chi connectivity index (χ3n) is 3.58. The molecule has 0 saturated heterocycles. The van der Waals surface area contributed by atoms with Crippen molar-refractivity contribution >= 4 is 23.8 Å². The third kappa shape index (κ3) is 7.91. The number of pyridine rings is 1. The minimum Gasteiger partial charge on any atom is -0.467 e. The van der Waals surface area contributed by atoms with Gasteiger partial charge in [-0.2, -0.15) is 0 Å². The van der Waals surface area contributed by atoms with E-state index in [0.29, 0.717) is 12.2 Å². The van der Waals surface area contributed by atoms with E-state index >= 15 is 0 Å². The second kappa shape index (κ2) is 10.6. The highest BCUT2D eigenvalue weighted by Gasteiger charge is 2.25. The van der Waals surface area contributed by atoms with Crippen molar-refractivity contribution in [3.8, 4) is 0 Å². The van der Waals surface area contributed by atoms with Gasteiger partial charge in [-0.15, -0.1) is 0 Å². The molecule has 2 amide bonds. The number of methoxy groups -OCH3 is 1. The summed E-state index contributed by atoms with van der Waals surface area (Å²) in [5.41, 5.74) is 0.256. The van der Waals surface area contributed by atoms with Gasteiger partial charge in [0.05, 0.1) is 13.7 Å². The molecule has 0 saturated carbocycles. The van der Waals surface area contributed by atoms with Crippen molar-refractivity contribution in [1.82, 2.24) is 10.3 Å². The lowest BCUT2D eigenvalue weighted by Crippen LogP contribution is -2.44. The number of hydrogen-bond acceptors (Lipinski definition) is 7. The van der Waals surface area contributed by atoms with Gasteiger partial charge in [-0.05, 0) is 51.8 Å². The number of hydrogen-bond donors (Lipinski definition) is 2. The summed E-state index contributed by atoms with van der Waals surface area (Å²) in [5.74, 6) is -0.738. The first-order valence-electron chi connectivity index (χ1n) is 8.98. The van der Waals surface area contributed by atoms with Crippen LogP contribution in [0.4, 0.5) is 10.6 Å². The summed E-state index contributed by atoms with van der Waals surface area (Å²) in [4.78, 5) is 41.6. The number of amides is 2. The fraction of sp³-hybridized carbons (Fsp3) is 0.579. The second-order valence-corrected chi connectivity index (χ2v) is 7.25. The monoisotopic (exact) mass is 395 g/mol. The number of rotatable bonds is 8. The number of nitrogens with zero attached hydrogens (tertiary/aromatic N) is 2. The number of carbonyl (C=O) groups excluding carboxylic acids is 3. The largest absolute Gasteiger partial charge is 0.467 e. The molecule has 1 heterocycles. The second-order valence-electron chi connectivity index (χ2n) is 7.25. The van der Waals surface area contributed by atoms with Crippen LogP contribution in [0.2, 0.25) is 0 Å². The molecular formula is C19H29N3O6. The van der Waals surface area contributed by atoms with Crippen molar-refractivity contribution in [3.63, 3.8) is 0 Å². The molecule has 1 rings (SSSR count). The Morgan fingerprint density at radius 1 is 1.32 bits per heavy atom. The fourth-order valence-electron chi connectivity index (χ4n) is 2.27. The van der Waals surface area contributed by atoms with E-state index in [1.807, 2.05) is 13.0 Å². The van der Waals surface area contributed by atoms with E-state index in [1.54, 1.807) is 33.0 Å². The van der Waals surface area contributed by atoms with Crippen molar-refractivity contribution < 1.29 is 29.0 Å². The zero-order valence-electron chi connectivity index (χ0n) is 17.0. The van der Waals surface area contributed by atoms with Crippen molar-refractivity contribution in [2.24, 2.45) is 0 Å². The van der Waals surface area contributed by atoms with Gasteiger partial charge in [0.25, 0.3) is 0 Å². The van der Waals surface area contributed by atoms with Gasteiger partial charge in [-0.1, -0.05) is 0 Å². The molecule has 0 bridgehead atoms. The molecule has 0 aliphatic heterocycles. The van der Waals surface area contributed by atoms with Crippen molar-refractivity contribution in [1.29, 1.82) is 0 Å². The van der Waals surface area contributed by atoms with E-state index in [-0.39, 0.29) is 13.0 Å². The topological polar surface area (TPSA) is 118 Å². The van der Waals surface area contributed by atoms with E-state index in [9.17, 15) is 14.4 Å². The Labute approximate surface area is 165 Å². The number of aliphatic hydroxyl groups excluding tert-OH is 1. The molecule has 1 unspecified atom stereocenters. The number of nitrogens with one attached hydrogen (secondary N) is 1. The zero-order valence-corrected chi connectivity index (χ0v) is 17.0. The van der Waals surface area contributed by atoms with Crippen LogP contribution < -0.4 is 10.2 Å². The summed E-state index contributed by atoms with van der Waals surface area (Å²) in [6, 6.07) is 2.45. The predicted octanol–water partition coefficient (Wildman–Crippen LogP) is 1.56. The van der Waals surface area contributed by atoms with Crippen LogP contribution in [0.3, 0.4) is 0 Å². The molecule has 9 heteroatoms. The fourth-order valence-corrected chi connectivity index (χ4v) is 2.27. The molecule has 0 spiro atoms. The number of carbonyl (C=O) groups is 3. The molecule has 0 aliphatic rings. The highest BCUT2D eigenvalue weighted by Crippen LogP contribution is 2.18. The maximum atomic E-state index is 12.6. The van der Waals surface area contributed by atoms with E-state index in [0.717, 1.165) is 5.56 Å². The first-order valence-corrected chi connectivity index (χ1v) is 8.98. The average molecular weight is 395 g/mol. The van der Waals surface area contributed by atoms with E-state index < -0.39 is 36.2 Å². The van der Waals surface area contributed by atoms with Gasteiger partial charge in [0.2, 0.25) is 5.91 Å². The summed E-state index contributed by atoms with van der Waals surface area (Å²) in [5, 5.41) is 11.5. The summed E-state index contributed by atoms with van der Waals surface area (Å²) < 4.78 is 9.93. The van der Waals surface area contributed by atoms with Crippen LogP contribution in [0, 0.1) is 6.92 Å². The summed E-state index contributed by atoms with van der Waals surface area (Å²) in [7, 11) is 1.17. The molecule has 9 nitrogen and oxygen atoms in total. The zero-order chi connectivity index (χ0) is 21.3. The molecule has 0 aliphatic carbocycles. The van der Waals surface area contributed by atoms with E-state index in [1.165, 1.54) is 12.0 Å². The van der Waals surface area contributed by atoms with Gasteiger partial charge in [-0.25, -0.2) is 14.6 Å². The number of aryl methyl sites for hydroxylation is 1. The smallest absolute Gasteiger partial charge is 0.416 e. The van der Waals surface area contributed by atoms with Crippen LogP contribution in [0.1, 0.15) is 39.2 Å². The SMILES string of the molecule is COC(=O)C(CO)NC(=O)CCCN(C(=O)OC(C)(C)C)c1cc(C)ccn1. The van der Waals surface area contributed by atoms with Gasteiger partial charge in [-0.3, -0.25) is 9.69 Å². The van der Waals surface area contributed by atoms with Crippen LogP contribution in [0.15, 0.2) is 18.3 Å². The Morgan fingerprint density at radius 2 is 2.00 bits per heavy atom. The van der Waals surface area contributed by atoms with Crippen LogP contribution >= 0.6 is 0 Å². The quantitative estimate of drug-likeness (QED) is 0.641. The van der Waals surface area contributed by atoms with Crippen LogP contribution in [-0.4, -0.2) is 60.0 Å². The Hall–Kier alpha value is -2.68. The molecule has 1 aromatic rings. The normalized spacial score (nSPS) is 12.1. The van der Waals surface area contributed by atoms with Crippen LogP contribution in [0.25, 0.3) is 0 Å². The lowest BCUT2D eigenvalue weighted by Gasteiger charge is -2.27. The molecule has 0 radical (unpaired) electrons. The highest BCUT2D eigenvalue weighted by molar-refractivity contribution is 5.87. The molecule has 1 atom stereocenters. The third-order valence-corrected chi connectivity index (χ3v) is 3.58. The predicted molar refractivity (Wildman–Crippen MR) is 103 cm³/mol. The standard InChI is InChI=1S/C19H29N3O6/c1-13-8-9-20-15(11-13)22(18(26)28-19(2,3)4)10-6-7-16(24)21-14(12-23)17(25)27-5/h8-9,11,14,23H,6-7,10,12H2,1-5H3,(H,21,24). The number of aromatic nitrogens is 1. The minimum atomic E-state index is -1.11. The average Bonchev–Trinajstić information content (AvgIpc) is 2.61. The first-order chi connectivity index (χ1) is 13.1. The summed E-state index contributed by atoms with van der Waals surface area (Å²) >= 11 is 0. The first kappa shape index (κ1) is 23.4. The van der Waals surface area contributed by atoms with Crippen LogP contribution in [0.5, 0.6) is 0 Å². The lowest BCUT2D eigenvalue weighted by molar-refractivity contribution is -0.146. The van der Waals surface area contributed by atoms with E-state index in [2.05, 4.69) is 15.0 Å². The Bertz CT molecular complexity index is 686. The number of anilines is 1. The summed E-state index contributed by atoms with van der Waals surface area (Å²) in [6.45, 7) is 6.82. The Balaban J connectivity index is 2.75. The molecule has 28 heavy (non-hydrogen) atoms. The van der Waals surface area contributed by atoms with Gasteiger partial charge in [0.1, 0.15) is 11.4 Å². The molecule has 0 aromatic carbocycles. The molecule has 2 N–H and O–H groups in total. The Kier molecular flexibility index (Phi) is 8.84. The number of esters is 1. The van der Waals surface area contributed by atoms with Gasteiger partial charge >= 0.3 is 12.1 Å². The number of aliphatic hydroxyl groups is 1. The molecule has 0 fully saturated rings. The van der Waals surface area contributed by atoms with Gasteiger partial charge in [0, 0.05) is 19.2 Å². The van der Waals surface area contributed by atoms with Crippen LogP contribution in [-0.2, 0) is 19.1 Å². The summed E-state index contributed by atoms with van der Waals surface area (Å²) in [6.07, 6.45) is 1.38. The van der Waals surface area contributed by atoms with Crippen molar-refractivity contribution in [3.05, 3.63) is 23.9 Å². The van der Waals surface area contributed by atoms with Gasteiger partial charge < -0.3 is 19.9 Å². The maximum absolute atomic E-state index is 12.6. The van der Waals surface area contributed by atoms with Gasteiger partial charge in [0.15, 0.2) is 6.04 Å². The number of ether oxygens (including phenoxy) is 2. The van der Waals surface area contributed by atoms with Crippen molar-refractivity contribution in [2.45, 2.75) is 52.2 Å². The maximum Gasteiger partial charge on any atom is 0.416 e. The van der Waals surface area contributed by atoms with Crippen molar-refractivity contribution in [2.75, 3.05) is 25.2 Å². The minimum absolute atomic E-state index is 0.0403. The Morgan fingerprint density at radius 3 is 2.54 bits per heavy atom.